The fraction of sp³-hybridized carbons (Fsp3) is 0.333. The van der Waals surface area contributed by atoms with Crippen molar-refractivity contribution in [3.8, 4) is 0 Å². The minimum absolute atomic E-state index is 0.170. The van der Waals surface area contributed by atoms with Crippen molar-refractivity contribution in [2.45, 2.75) is 24.1 Å². The number of aromatic nitrogens is 2. The van der Waals surface area contributed by atoms with Crippen LogP contribution in [0.2, 0.25) is 0 Å². The van der Waals surface area contributed by atoms with E-state index < -0.39 is 5.25 Å². The highest BCUT2D eigenvalue weighted by Gasteiger charge is 2.17. The van der Waals surface area contributed by atoms with Crippen LogP contribution in [-0.2, 0) is 9.59 Å². The van der Waals surface area contributed by atoms with Crippen molar-refractivity contribution in [3.05, 3.63) is 30.2 Å². The van der Waals surface area contributed by atoms with Crippen LogP contribution >= 0.6 is 23.5 Å². The molecule has 0 fully saturated rings. The first-order valence-electron chi connectivity index (χ1n) is 7.13. The predicted octanol–water partition coefficient (Wildman–Crippen LogP) is 2.80. The van der Waals surface area contributed by atoms with Crippen LogP contribution in [0, 0.1) is 6.92 Å². The van der Waals surface area contributed by atoms with Crippen LogP contribution in [0.5, 0.6) is 0 Å². The van der Waals surface area contributed by atoms with Gasteiger partial charge in [-0.15, -0.1) is 23.5 Å². The van der Waals surface area contributed by atoms with Crippen molar-refractivity contribution in [2.24, 2.45) is 0 Å². The molecule has 0 saturated heterocycles. The van der Waals surface area contributed by atoms with Crippen LogP contribution < -0.4 is 10.6 Å². The van der Waals surface area contributed by atoms with Gasteiger partial charge in [0.15, 0.2) is 5.82 Å². The first-order valence-corrected chi connectivity index (χ1v) is 9.41. The zero-order valence-corrected chi connectivity index (χ0v) is 15.2. The van der Waals surface area contributed by atoms with E-state index in [1.54, 1.807) is 38.2 Å². The Morgan fingerprint density at radius 1 is 1.33 bits per heavy atom. The lowest BCUT2D eigenvalue weighted by Gasteiger charge is -2.10. The molecule has 0 bridgehead atoms. The Labute approximate surface area is 148 Å². The Balaban J connectivity index is 1.78. The van der Waals surface area contributed by atoms with E-state index in [0.717, 1.165) is 5.03 Å². The summed E-state index contributed by atoms with van der Waals surface area (Å²) in [6.45, 7) is 3.48. The third-order valence-corrected chi connectivity index (χ3v) is 4.73. The van der Waals surface area contributed by atoms with Crippen molar-refractivity contribution < 1.29 is 14.1 Å². The number of amides is 2. The highest BCUT2D eigenvalue weighted by atomic mass is 32.2. The fourth-order valence-corrected chi connectivity index (χ4v) is 2.82. The predicted molar refractivity (Wildman–Crippen MR) is 96.4 cm³/mol. The smallest absolute Gasteiger partial charge is 0.238 e. The molecule has 2 aromatic heterocycles. The Bertz CT molecular complexity index is 720. The molecule has 2 aromatic rings. The van der Waals surface area contributed by atoms with E-state index in [0.29, 0.717) is 17.3 Å². The van der Waals surface area contributed by atoms with Crippen molar-refractivity contribution in [2.75, 3.05) is 22.6 Å². The van der Waals surface area contributed by atoms with Crippen LogP contribution in [0.1, 0.15) is 12.7 Å². The minimum atomic E-state index is -0.396. The standard InChI is InChI=1S/C15H18N4O3S2/c1-9-6-12(19-22-9)18-15(21)10(2)24-8-13(20)17-11-4-5-16-14(7-11)23-3/h4-7,10H,8H2,1-3H3,(H,16,17,20)(H,18,19,21)/t10-/m0/s1. The second kappa shape index (κ2) is 8.74. The molecule has 0 radical (unpaired) electrons. The number of pyridine rings is 1. The van der Waals surface area contributed by atoms with Crippen LogP contribution in [0.25, 0.3) is 0 Å². The Hall–Kier alpha value is -2.00. The molecule has 0 spiro atoms. The van der Waals surface area contributed by atoms with E-state index >= 15 is 0 Å². The number of carbonyl (C=O) groups is 2. The zero-order valence-electron chi connectivity index (χ0n) is 13.5. The van der Waals surface area contributed by atoms with E-state index in [4.69, 9.17) is 4.52 Å². The van der Waals surface area contributed by atoms with E-state index in [2.05, 4.69) is 20.8 Å². The number of rotatable bonds is 7. The molecule has 0 aliphatic carbocycles. The minimum Gasteiger partial charge on any atom is -0.360 e. The molecule has 0 aliphatic rings. The highest BCUT2D eigenvalue weighted by Crippen LogP contribution is 2.18. The van der Waals surface area contributed by atoms with Gasteiger partial charge in [0.2, 0.25) is 11.8 Å². The molecule has 7 nitrogen and oxygen atoms in total. The lowest BCUT2D eigenvalue weighted by atomic mass is 10.4. The summed E-state index contributed by atoms with van der Waals surface area (Å²) in [6.07, 6.45) is 3.56. The van der Waals surface area contributed by atoms with Gasteiger partial charge in [0.1, 0.15) is 5.76 Å². The molecular formula is C15H18N4O3S2. The monoisotopic (exact) mass is 366 g/mol. The Kier molecular flexibility index (Phi) is 6.68. The van der Waals surface area contributed by atoms with Gasteiger partial charge < -0.3 is 15.2 Å². The number of anilines is 2. The van der Waals surface area contributed by atoms with Crippen molar-refractivity contribution in [3.63, 3.8) is 0 Å². The number of thioether (sulfide) groups is 2. The Morgan fingerprint density at radius 3 is 2.79 bits per heavy atom. The molecule has 24 heavy (non-hydrogen) atoms. The Morgan fingerprint density at radius 2 is 2.12 bits per heavy atom. The summed E-state index contributed by atoms with van der Waals surface area (Å²) in [5, 5.41) is 9.57. The van der Waals surface area contributed by atoms with Gasteiger partial charge in [-0.1, -0.05) is 5.16 Å². The van der Waals surface area contributed by atoms with Gasteiger partial charge in [0.25, 0.3) is 0 Å². The summed E-state index contributed by atoms with van der Waals surface area (Å²) in [4.78, 5) is 28.1. The lowest BCUT2D eigenvalue weighted by Crippen LogP contribution is -2.25. The second-order valence-corrected chi connectivity index (χ2v) is 7.06. The maximum Gasteiger partial charge on any atom is 0.238 e. The molecule has 2 rings (SSSR count). The third kappa shape index (κ3) is 5.57. The van der Waals surface area contributed by atoms with E-state index in [1.165, 1.54) is 23.5 Å². The van der Waals surface area contributed by atoms with Crippen LogP contribution in [0.3, 0.4) is 0 Å². The first-order chi connectivity index (χ1) is 11.5. The molecule has 2 N–H and O–H groups in total. The number of nitrogens with one attached hydrogen (secondary N) is 2. The zero-order chi connectivity index (χ0) is 17.5. The summed E-state index contributed by atoms with van der Waals surface area (Å²) in [5.41, 5.74) is 0.690. The lowest BCUT2D eigenvalue weighted by molar-refractivity contribution is -0.115. The van der Waals surface area contributed by atoms with Gasteiger partial charge in [-0.25, -0.2) is 4.98 Å². The van der Waals surface area contributed by atoms with Crippen molar-refractivity contribution in [1.82, 2.24) is 10.1 Å². The molecule has 0 aromatic carbocycles. The maximum absolute atomic E-state index is 12.0. The first kappa shape index (κ1) is 18.3. The van der Waals surface area contributed by atoms with Crippen LogP contribution in [0.4, 0.5) is 11.5 Å². The summed E-state index contributed by atoms with van der Waals surface area (Å²) >= 11 is 2.75. The average Bonchev–Trinajstić information content (AvgIpc) is 2.97. The van der Waals surface area contributed by atoms with E-state index in [9.17, 15) is 9.59 Å². The fourth-order valence-electron chi connectivity index (χ4n) is 1.73. The molecule has 128 valence electrons. The molecular weight excluding hydrogens is 348 g/mol. The SMILES string of the molecule is CSc1cc(NC(=O)CS[C@@H](C)C(=O)Nc2cc(C)on2)ccn1. The molecule has 0 saturated carbocycles. The number of hydrogen-bond donors (Lipinski definition) is 2. The summed E-state index contributed by atoms with van der Waals surface area (Å²) in [5.74, 6) is 0.760. The van der Waals surface area contributed by atoms with Gasteiger partial charge in [-0.2, -0.15) is 0 Å². The van der Waals surface area contributed by atoms with Gasteiger partial charge in [0, 0.05) is 18.0 Å². The maximum atomic E-state index is 12.0. The van der Waals surface area contributed by atoms with Gasteiger partial charge in [-0.05, 0) is 32.2 Å². The number of aryl methyl sites for hydroxylation is 1. The topological polar surface area (TPSA) is 97.1 Å². The molecule has 0 aliphatic heterocycles. The molecule has 2 heterocycles. The molecule has 1 atom stereocenters. The van der Waals surface area contributed by atoms with E-state index in [-0.39, 0.29) is 17.6 Å². The van der Waals surface area contributed by atoms with Crippen LogP contribution in [0.15, 0.2) is 33.9 Å². The number of hydrogen-bond acceptors (Lipinski definition) is 7. The average molecular weight is 366 g/mol. The highest BCUT2D eigenvalue weighted by molar-refractivity contribution is 8.01. The molecule has 9 heteroatoms. The normalized spacial score (nSPS) is 11.8. The number of nitrogens with zero attached hydrogens (tertiary/aromatic N) is 2. The largest absolute Gasteiger partial charge is 0.360 e. The van der Waals surface area contributed by atoms with Gasteiger partial charge >= 0.3 is 0 Å². The van der Waals surface area contributed by atoms with E-state index in [1.807, 2.05) is 6.26 Å². The summed E-state index contributed by atoms with van der Waals surface area (Å²) in [6, 6.07) is 5.16. The molecule has 2 amide bonds. The number of carbonyl (C=O) groups excluding carboxylic acids is 2. The summed E-state index contributed by atoms with van der Waals surface area (Å²) in [7, 11) is 0. The summed E-state index contributed by atoms with van der Waals surface area (Å²) < 4.78 is 4.89. The van der Waals surface area contributed by atoms with Gasteiger partial charge in [0.05, 0.1) is 16.0 Å². The van der Waals surface area contributed by atoms with Crippen LogP contribution in [-0.4, -0.2) is 39.2 Å². The quantitative estimate of drug-likeness (QED) is 0.727. The van der Waals surface area contributed by atoms with Gasteiger partial charge in [-0.3, -0.25) is 9.59 Å². The third-order valence-electron chi connectivity index (χ3n) is 2.94. The second-order valence-electron chi connectivity index (χ2n) is 4.90. The van der Waals surface area contributed by atoms with Crippen molar-refractivity contribution in [1.29, 1.82) is 0 Å². The van der Waals surface area contributed by atoms with Crippen molar-refractivity contribution >= 4 is 46.8 Å². The molecule has 0 unspecified atom stereocenters.